The molecule has 1 aromatic carbocycles. The Bertz CT molecular complexity index is 593. The van der Waals surface area contributed by atoms with Gasteiger partial charge in [0.15, 0.2) is 9.84 Å². The molecule has 2 rings (SSSR count). The van der Waals surface area contributed by atoms with Gasteiger partial charge < -0.3 is 10.6 Å². The van der Waals surface area contributed by atoms with E-state index in [-0.39, 0.29) is 17.6 Å². The number of piperidine rings is 1. The maximum Gasteiger partial charge on any atom is 0.224 e. The zero-order valence-corrected chi connectivity index (χ0v) is 13.1. The van der Waals surface area contributed by atoms with Crippen LogP contribution in [0.2, 0.25) is 0 Å². The van der Waals surface area contributed by atoms with Crippen LogP contribution in [-0.4, -0.2) is 33.7 Å². The van der Waals surface area contributed by atoms with E-state index in [1.54, 1.807) is 6.07 Å². The quantitative estimate of drug-likeness (QED) is 0.845. The van der Waals surface area contributed by atoms with Crippen LogP contribution in [0.4, 0.5) is 0 Å². The van der Waals surface area contributed by atoms with Crippen LogP contribution in [0, 0.1) is 5.92 Å². The van der Waals surface area contributed by atoms with E-state index in [0.29, 0.717) is 6.54 Å². The lowest BCUT2D eigenvalue weighted by Gasteiger charge is -2.21. The predicted molar refractivity (Wildman–Crippen MR) is 82.4 cm³/mol. The largest absolute Gasteiger partial charge is 0.352 e. The van der Waals surface area contributed by atoms with E-state index in [2.05, 4.69) is 10.6 Å². The second-order valence-corrected chi connectivity index (χ2v) is 7.79. The summed E-state index contributed by atoms with van der Waals surface area (Å²) in [5.74, 6) is 0.134. The van der Waals surface area contributed by atoms with E-state index in [1.807, 2.05) is 18.2 Å². The topological polar surface area (TPSA) is 75.3 Å². The molecule has 1 fully saturated rings. The van der Waals surface area contributed by atoms with Crippen molar-refractivity contribution in [1.29, 1.82) is 0 Å². The first-order valence-corrected chi connectivity index (χ1v) is 9.24. The van der Waals surface area contributed by atoms with E-state index >= 15 is 0 Å². The molecule has 1 atom stereocenters. The monoisotopic (exact) mass is 310 g/mol. The molecule has 0 spiro atoms. The number of rotatable bonds is 5. The van der Waals surface area contributed by atoms with Crippen LogP contribution < -0.4 is 10.6 Å². The molecular formula is C15H22N2O3S. The van der Waals surface area contributed by atoms with Crippen molar-refractivity contribution in [3.8, 4) is 0 Å². The third kappa shape index (κ3) is 5.47. The molecule has 6 heteroatoms. The summed E-state index contributed by atoms with van der Waals surface area (Å²) in [5.41, 5.74) is 1.68. The van der Waals surface area contributed by atoms with Crippen molar-refractivity contribution >= 4 is 15.7 Å². The van der Waals surface area contributed by atoms with Gasteiger partial charge in [-0.15, -0.1) is 0 Å². The van der Waals surface area contributed by atoms with Gasteiger partial charge in [-0.3, -0.25) is 4.79 Å². The van der Waals surface area contributed by atoms with Gasteiger partial charge in [-0.25, -0.2) is 8.42 Å². The van der Waals surface area contributed by atoms with Gasteiger partial charge in [0.2, 0.25) is 5.91 Å². The Morgan fingerprint density at radius 1 is 1.38 bits per heavy atom. The zero-order valence-electron chi connectivity index (χ0n) is 12.3. The van der Waals surface area contributed by atoms with Gasteiger partial charge in [-0.05, 0) is 30.5 Å². The van der Waals surface area contributed by atoms with Gasteiger partial charge in [0.05, 0.1) is 11.7 Å². The number of benzene rings is 1. The van der Waals surface area contributed by atoms with Gasteiger partial charge >= 0.3 is 0 Å². The van der Waals surface area contributed by atoms with Crippen molar-refractivity contribution in [3.63, 3.8) is 0 Å². The Morgan fingerprint density at radius 3 is 2.81 bits per heavy atom. The van der Waals surface area contributed by atoms with Crippen molar-refractivity contribution in [2.24, 2.45) is 5.92 Å². The number of carbonyl (C=O) groups is 1. The van der Waals surface area contributed by atoms with Gasteiger partial charge in [0.1, 0.15) is 0 Å². The molecule has 1 aliphatic rings. The second kappa shape index (κ2) is 7.04. The highest BCUT2D eigenvalue weighted by atomic mass is 32.2. The molecule has 21 heavy (non-hydrogen) atoms. The van der Waals surface area contributed by atoms with Crippen LogP contribution >= 0.6 is 0 Å². The molecular weight excluding hydrogens is 288 g/mol. The Labute approximate surface area is 126 Å². The highest BCUT2D eigenvalue weighted by molar-refractivity contribution is 7.89. The average molecular weight is 310 g/mol. The van der Waals surface area contributed by atoms with Crippen molar-refractivity contribution in [2.45, 2.75) is 25.1 Å². The lowest BCUT2D eigenvalue weighted by molar-refractivity contribution is -0.125. The fourth-order valence-electron chi connectivity index (χ4n) is 2.54. The fourth-order valence-corrected chi connectivity index (χ4v) is 3.33. The fraction of sp³-hybridized carbons (Fsp3) is 0.533. The van der Waals surface area contributed by atoms with Crippen LogP contribution in [0.3, 0.4) is 0 Å². The van der Waals surface area contributed by atoms with Crippen LogP contribution in [0.1, 0.15) is 24.0 Å². The Kier molecular flexibility index (Phi) is 5.36. The molecule has 1 unspecified atom stereocenters. The van der Waals surface area contributed by atoms with Crippen LogP contribution in [-0.2, 0) is 26.9 Å². The lowest BCUT2D eigenvalue weighted by atomic mass is 9.99. The van der Waals surface area contributed by atoms with Crippen LogP contribution in [0.25, 0.3) is 0 Å². The molecule has 1 heterocycles. The molecule has 1 saturated heterocycles. The van der Waals surface area contributed by atoms with Crippen molar-refractivity contribution in [2.75, 3.05) is 19.3 Å². The predicted octanol–water partition coefficient (Wildman–Crippen LogP) is 0.847. The number of carbonyl (C=O) groups excluding carboxylic acids is 1. The van der Waals surface area contributed by atoms with Crippen LogP contribution in [0.5, 0.6) is 0 Å². The van der Waals surface area contributed by atoms with E-state index in [0.717, 1.165) is 37.1 Å². The SMILES string of the molecule is CS(=O)(=O)Cc1cccc(CNC(=O)C2CCCNC2)c1. The summed E-state index contributed by atoms with van der Waals surface area (Å²) in [6.07, 6.45) is 3.17. The summed E-state index contributed by atoms with van der Waals surface area (Å²) in [6.45, 7) is 2.16. The van der Waals surface area contributed by atoms with E-state index < -0.39 is 9.84 Å². The minimum absolute atomic E-state index is 0.0291. The maximum atomic E-state index is 12.0. The summed E-state index contributed by atoms with van der Waals surface area (Å²) in [4.78, 5) is 12.0. The van der Waals surface area contributed by atoms with Gasteiger partial charge in [-0.1, -0.05) is 24.3 Å². The molecule has 0 radical (unpaired) electrons. The van der Waals surface area contributed by atoms with Crippen LogP contribution in [0.15, 0.2) is 24.3 Å². The van der Waals surface area contributed by atoms with Crippen molar-refractivity contribution in [1.82, 2.24) is 10.6 Å². The molecule has 5 nitrogen and oxygen atoms in total. The average Bonchev–Trinajstić information content (AvgIpc) is 2.44. The molecule has 116 valence electrons. The Balaban J connectivity index is 1.90. The van der Waals surface area contributed by atoms with E-state index in [4.69, 9.17) is 0 Å². The lowest BCUT2D eigenvalue weighted by Crippen LogP contribution is -2.40. The highest BCUT2D eigenvalue weighted by Gasteiger charge is 2.20. The standard InChI is InChI=1S/C15H22N2O3S/c1-21(19,20)11-13-5-2-4-12(8-13)9-17-15(18)14-6-3-7-16-10-14/h2,4-5,8,14,16H,3,6-7,9-11H2,1H3,(H,17,18). The highest BCUT2D eigenvalue weighted by Crippen LogP contribution is 2.11. The number of nitrogens with one attached hydrogen (secondary N) is 2. The first-order valence-electron chi connectivity index (χ1n) is 7.18. The normalized spacial score (nSPS) is 19.2. The first kappa shape index (κ1) is 16.0. The van der Waals surface area contributed by atoms with Gasteiger partial charge in [-0.2, -0.15) is 0 Å². The Hall–Kier alpha value is -1.40. The molecule has 1 aliphatic heterocycles. The van der Waals surface area contributed by atoms with E-state index in [9.17, 15) is 13.2 Å². The molecule has 0 aromatic heterocycles. The number of hydrogen-bond acceptors (Lipinski definition) is 4. The van der Waals surface area contributed by atoms with E-state index in [1.165, 1.54) is 6.26 Å². The molecule has 0 saturated carbocycles. The number of sulfone groups is 1. The minimum Gasteiger partial charge on any atom is -0.352 e. The summed E-state index contributed by atoms with van der Waals surface area (Å²) < 4.78 is 22.6. The molecule has 0 aliphatic carbocycles. The third-order valence-electron chi connectivity index (χ3n) is 3.55. The summed E-state index contributed by atoms with van der Waals surface area (Å²) >= 11 is 0. The second-order valence-electron chi connectivity index (χ2n) is 5.65. The number of hydrogen-bond donors (Lipinski definition) is 2. The molecule has 2 N–H and O–H groups in total. The van der Waals surface area contributed by atoms with Gasteiger partial charge in [0, 0.05) is 19.3 Å². The maximum absolute atomic E-state index is 12.0. The molecule has 1 amide bonds. The summed E-state index contributed by atoms with van der Waals surface area (Å²) in [5, 5.41) is 6.15. The summed E-state index contributed by atoms with van der Waals surface area (Å²) in [7, 11) is -3.04. The molecule has 0 bridgehead atoms. The van der Waals surface area contributed by atoms with Crippen molar-refractivity contribution < 1.29 is 13.2 Å². The van der Waals surface area contributed by atoms with Crippen molar-refractivity contribution in [3.05, 3.63) is 35.4 Å². The van der Waals surface area contributed by atoms with Gasteiger partial charge in [0.25, 0.3) is 0 Å². The third-order valence-corrected chi connectivity index (χ3v) is 4.41. The zero-order chi connectivity index (χ0) is 15.3. The molecule has 1 aromatic rings. The number of amides is 1. The Morgan fingerprint density at radius 2 is 2.14 bits per heavy atom. The first-order chi connectivity index (χ1) is 9.94. The minimum atomic E-state index is -3.04. The smallest absolute Gasteiger partial charge is 0.224 e. The summed E-state index contributed by atoms with van der Waals surface area (Å²) in [6, 6.07) is 7.34.